The number of phenolic OH excluding ortho intramolecular Hbond substituents is 2. The van der Waals surface area contributed by atoms with Crippen LogP contribution in [-0.4, -0.2) is 25.8 Å². The Bertz CT molecular complexity index is 717. The largest absolute Gasteiger partial charge is 0.508 e. The van der Waals surface area contributed by atoms with Crippen LogP contribution < -0.4 is 5.30 Å². The molecule has 4 N–H and O–H groups in total. The number of carbonyl (C=O) groups excluding carboxylic acids is 1. The Morgan fingerprint density at radius 2 is 1.52 bits per heavy atom. The standard InChI is InChI=1S/C14H13O6P/c15-10-3-1-9(2-4-10)7-13(17)12-8-11(16)5-6-14(12)21(18,19)20/h1-6,8,15-16H,7H2,(H2,18,19,20). The fourth-order valence-corrected chi connectivity index (χ4v) is 2.67. The van der Waals surface area contributed by atoms with E-state index in [0.29, 0.717) is 5.56 Å². The second-order valence-corrected chi connectivity index (χ2v) is 6.08. The van der Waals surface area contributed by atoms with Crippen LogP contribution in [0.5, 0.6) is 11.5 Å². The topological polar surface area (TPSA) is 115 Å². The van der Waals surface area contributed by atoms with E-state index in [1.807, 2.05) is 0 Å². The highest BCUT2D eigenvalue weighted by atomic mass is 31.2. The summed E-state index contributed by atoms with van der Waals surface area (Å²) in [4.78, 5) is 30.7. The highest BCUT2D eigenvalue weighted by molar-refractivity contribution is 7.60. The zero-order valence-corrected chi connectivity index (χ0v) is 11.7. The summed E-state index contributed by atoms with van der Waals surface area (Å²) >= 11 is 0. The maximum atomic E-state index is 12.2. The van der Waals surface area contributed by atoms with Gasteiger partial charge in [0.05, 0.1) is 5.30 Å². The molecule has 2 aromatic rings. The quantitative estimate of drug-likeness (QED) is 0.500. The molecule has 0 spiro atoms. The van der Waals surface area contributed by atoms with Gasteiger partial charge in [-0.25, -0.2) is 0 Å². The first kappa shape index (κ1) is 15.3. The minimum atomic E-state index is -4.61. The Morgan fingerprint density at radius 1 is 0.952 bits per heavy atom. The highest BCUT2D eigenvalue weighted by Gasteiger charge is 2.25. The number of aromatic hydroxyl groups is 2. The normalized spacial score (nSPS) is 11.3. The van der Waals surface area contributed by atoms with Crippen molar-refractivity contribution in [3.05, 3.63) is 53.6 Å². The van der Waals surface area contributed by atoms with Crippen LogP contribution in [0.25, 0.3) is 0 Å². The van der Waals surface area contributed by atoms with Crippen molar-refractivity contribution >= 4 is 18.7 Å². The molecule has 0 saturated carbocycles. The summed E-state index contributed by atoms with van der Waals surface area (Å²) in [6.45, 7) is 0. The van der Waals surface area contributed by atoms with E-state index in [9.17, 15) is 29.4 Å². The van der Waals surface area contributed by atoms with Gasteiger partial charge in [-0.3, -0.25) is 9.36 Å². The number of hydrogen-bond acceptors (Lipinski definition) is 4. The molecule has 0 fully saturated rings. The molecule has 0 aliphatic heterocycles. The fraction of sp³-hybridized carbons (Fsp3) is 0.0714. The van der Waals surface area contributed by atoms with Crippen molar-refractivity contribution in [1.82, 2.24) is 0 Å². The van der Waals surface area contributed by atoms with E-state index in [2.05, 4.69) is 0 Å². The number of rotatable bonds is 4. The van der Waals surface area contributed by atoms with Gasteiger partial charge in [-0.1, -0.05) is 12.1 Å². The van der Waals surface area contributed by atoms with Crippen LogP contribution in [0.3, 0.4) is 0 Å². The molecular formula is C14H13O6P. The summed E-state index contributed by atoms with van der Waals surface area (Å²) in [7, 11) is -4.61. The van der Waals surface area contributed by atoms with Crippen LogP contribution in [0.4, 0.5) is 0 Å². The molecule has 0 saturated heterocycles. The molecule has 0 aromatic heterocycles. The van der Waals surface area contributed by atoms with Crippen LogP contribution >= 0.6 is 7.60 Å². The summed E-state index contributed by atoms with van der Waals surface area (Å²) in [6.07, 6.45) is -0.100. The molecule has 0 amide bonds. The molecule has 6 nitrogen and oxygen atoms in total. The molecule has 7 heteroatoms. The van der Waals surface area contributed by atoms with Crippen molar-refractivity contribution in [2.45, 2.75) is 6.42 Å². The average molecular weight is 308 g/mol. The van der Waals surface area contributed by atoms with E-state index >= 15 is 0 Å². The molecule has 0 aliphatic carbocycles. The summed E-state index contributed by atoms with van der Waals surface area (Å²) in [5, 5.41) is 18.2. The minimum absolute atomic E-state index is 0.0551. The fourth-order valence-electron chi connectivity index (χ4n) is 1.90. The molecule has 0 radical (unpaired) electrons. The molecule has 110 valence electrons. The maximum Gasteiger partial charge on any atom is 0.356 e. The van der Waals surface area contributed by atoms with E-state index in [1.54, 1.807) is 0 Å². The number of benzene rings is 2. The number of Topliss-reactive ketones (excluding diaryl/α,β-unsaturated/α-hetero) is 1. The third kappa shape index (κ3) is 3.70. The Hall–Kier alpha value is -2.14. The number of carbonyl (C=O) groups is 1. The van der Waals surface area contributed by atoms with Gasteiger partial charge in [0.15, 0.2) is 5.78 Å². The predicted octanol–water partition coefficient (Wildman–Crippen LogP) is 1.33. The Kier molecular flexibility index (Phi) is 4.14. The summed E-state index contributed by atoms with van der Waals surface area (Å²) in [6, 6.07) is 9.09. The van der Waals surface area contributed by atoms with Crippen LogP contribution in [0.15, 0.2) is 42.5 Å². The first-order valence-electron chi connectivity index (χ1n) is 5.97. The third-order valence-electron chi connectivity index (χ3n) is 2.90. The Balaban J connectivity index is 2.36. The molecule has 2 rings (SSSR count). The molecule has 0 heterocycles. The van der Waals surface area contributed by atoms with Gasteiger partial charge in [-0.05, 0) is 35.9 Å². The van der Waals surface area contributed by atoms with Gasteiger partial charge in [0.1, 0.15) is 11.5 Å². The van der Waals surface area contributed by atoms with E-state index in [4.69, 9.17) is 0 Å². The first-order valence-corrected chi connectivity index (χ1v) is 7.59. The number of ketones is 1. The van der Waals surface area contributed by atoms with Crippen molar-refractivity contribution in [3.63, 3.8) is 0 Å². The van der Waals surface area contributed by atoms with Crippen molar-refractivity contribution in [1.29, 1.82) is 0 Å². The van der Waals surface area contributed by atoms with Gasteiger partial charge < -0.3 is 20.0 Å². The second kappa shape index (κ2) is 5.69. The Labute approximate surface area is 120 Å². The van der Waals surface area contributed by atoms with Gasteiger partial charge in [-0.15, -0.1) is 0 Å². The van der Waals surface area contributed by atoms with Crippen LogP contribution in [0.2, 0.25) is 0 Å². The molecule has 0 bridgehead atoms. The Morgan fingerprint density at radius 3 is 2.10 bits per heavy atom. The van der Waals surface area contributed by atoms with Crippen molar-refractivity contribution in [3.8, 4) is 11.5 Å². The van der Waals surface area contributed by atoms with Gasteiger partial charge in [0.2, 0.25) is 0 Å². The lowest BCUT2D eigenvalue weighted by atomic mass is 10.0. The predicted molar refractivity (Wildman–Crippen MR) is 75.9 cm³/mol. The third-order valence-corrected chi connectivity index (χ3v) is 3.91. The van der Waals surface area contributed by atoms with Crippen molar-refractivity contribution in [2.24, 2.45) is 0 Å². The molecule has 21 heavy (non-hydrogen) atoms. The van der Waals surface area contributed by atoms with Gasteiger partial charge in [0, 0.05) is 12.0 Å². The summed E-state index contributed by atoms with van der Waals surface area (Å²) < 4.78 is 11.4. The SMILES string of the molecule is O=C(Cc1ccc(O)cc1)c1cc(O)ccc1P(=O)(O)O. The average Bonchev–Trinajstić information content (AvgIpc) is 2.40. The van der Waals surface area contributed by atoms with Crippen molar-refractivity contribution in [2.75, 3.05) is 0 Å². The zero-order chi connectivity index (χ0) is 15.6. The van der Waals surface area contributed by atoms with Crippen LogP contribution in [0.1, 0.15) is 15.9 Å². The number of phenols is 2. The van der Waals surface area contributed by atoms with Gasteiger partial charge in [0.25, 0.3) is 0 Å². The van der Waals surface area contributed by atoms with Crippen LogP contribution in [0, 0.1) is 0 Å². The molecule has 2 aromatic carbocycles. The lowest BCUT2D eigenvalue weighted by molar-refractivity contribution is 0.0993. The lowest BCUT2D eigenvalue weighted by Gasteiger charge is -2.10. The smallest absolute Gasteiger partial charge is 0.356 e. The maximum absolute atomic E-state index is 12.2. The molecule has 0 unspecified atom stereocenters. The van der Waals surface area contributed by atoms with Crippen LogP contribution in [-0.2, 0) is 11.0 Å². The lowest BCUT2D eigenvalue weighted by Crippen LogP contribution is -2.17. The van der Waals surface area contributed by atoms with E-state index in [-0.39, 0.29) is 23.5 Å². The second-order valence-electron chi connectivity index (χ2n) is 4.51. The van der Waals surface area contributed by atoms with Gasteiger partial charge >= 0.3 is 7.60 Å². The van der Waals surface area contributed by atoms with E-state index in [1.165, 1.54) is 24.3 Å². The first-order chi connectivity index (χ1) is 9.77. The summed E-state index contributed by atoms with van der Waals surface area (Å²) in [5.41, 5.74) is 0.370. The summed E-state index contributed by atoms with van der Waals surface area (Å²) in [5.74, 6) is -0.726. The van der Waals surface area contributed by atoms with Gasteiger partial charge in [-0.2, -0.15) is 0 Å². The van der Waals surface area contributed by atoms with E-state index in [0.717, 1.165) is 18.2 Å². The molecular weight excluding hydrogens is 295 g/mol. The highest BCUT2D eigenvalue weighted by Crippen LogP contribution is 2.35. The van der Waals surface area contributed by atoms with Crippen molar-refractivity contribution < 1.29 is 29.4 Å². The number of hydrogen-bond donors (Lipinski definition) is 4. The molecule has 0 aliphatic rings. The zero-order valence-electron chi connectivity index (χ0n) is 10.8. The monoisotopic (exact) mass is 308 g/mol. The minimum Gasteiger partial charge on any atom is -0.508 e. The van der Waals surface area contributed by atoms with E-state index < -0.39 is 18.7 Å². The molecule has 0 atom stereocenters.